The van der Waals surface area contributed by atoms with Gasteiger partial charge in [0.1, 0.15) is 5.82 Å². The highest BCUT2D eigenvalue weighted by Crippen LogP contribution is 2.16. The summed E-state index contributed by atoms with van der Waals surface area (Å²) >= 11 is 0. The number of nitrogen functional groups attached to an aromatic ring is 1. The van der Waals surface area contributed by atoms with E-state index in [1.165, 1.54) is 24.1 Å². The minimum absolute atomic E-state index is 0.106. The van der Waals surface area contributed by atoms with Crippen molar-refractivity contribution in [3.05, 3.63) is 29.6 Å². The van der Waals surface area contributed by atoms with Crippen molar-refractivity contribution in [2.45, 2.75) is 6.42 Å². The zero-order valence-electron chi connectivity index (χ0n) is 10.7. The number of benzene rings is 1. The molecule has 0 heterocycles. The fraction of sp³-hybridized carbons (Fsp3) is 0.385. The van der Waals surface area contributed by atoms with Gasteiger partial charge in [-0.1, -0.05) is 0 Å². The molecular formula is C13H16FN3O2. The zero-order valence-corrected chi connectivity index (χ0v) is 10.7. The van der Waals surface area contributed by atoms with Gasteiger partial charge in [0.25, 0.3) is 5.91 Å². The summed E-state index contributed by atoms with van der Waals surface area (Å²) in [5.41, 5.74) is 5.99. The maximum Gasteiger partial charge on any atom is 0.256 e. The van der Waals surface area contributed by atoms with E-state index >= 15 is 0 Å². The van der Waals surface area contributed by atoms with Gasteiger partial charge in [0.2, 0.25) is 0 Å². The lowest BCUT2D eigenvalue weighted by Gasteiger charge is -2.22. The topological polar surface area (TPSA) is 79.3 Å². The summed E-state index contributed by atoms with van der Waals surface area (Å²) in [5, 5.41) is 8.59. The van der Waals surface area contributed by atoms with Crippen LogP contribution in [0.25, 0.3) is 0 Å². The molecule has 1 aromatic rings. The average molecular weight is 265 g/mol. The molecule has 0 bridgehead atoms. The first-order valence-electron chi connectivity index (χ1n) is 5.80. The number of carbonyl (C=O) groups excluding carboxylic acids is 1. The number of nitrogens with two attached hydrogens (primary N) is 1. The van der Waals surface area contributed by atoms with Crippen LogP contribution in [0.4, 0.5) is 10.1 Å². The van der Waals surface area contributed by atoms with Gasteiger partial charge in [-0.05, 0) is 18.2 Å². The number of hydrogen-bond donors (Lipinski definition) is 1. The van der Waals surface area contributed by atoms with Gasteiger partial charge in [-0.25, -0.2) is 4.39 Å². The van der Waals surface area contributed by atoms with Crippen LogP contribution < -0.4 is 5.73 Å². The summed E-state index contributed by atoms with van der Waals surface area (Å²) in [6, 6.07) is 5.61. The average Bonchev–Trinajstić information content (AvgIpc) is 2.41. The van der Waals surface area contributed by atoms with E-state index < -0.39 is 11.7 Å². The minimum atomic E-state index is -0.524. The number of amides is 1. The van der Waals surface area contributed by atoms with Crippen LogP contribution in [-0.4, -0.2) is 37.6 Å². The monoisotopic (exact) mass is 265 g/mol. The van der Waals surface area contributed by atoms with Crippen molar-refractivity contribution in [2.24, 2.45) is 0 Å². The van der Waals surface area contributed by atoms with Crippen LogP contribution in [0.5, 0.6) is 0 Å². The second kappa shape index (κ2) is 7.34. The lowest BCUT2D eigenvalue weighted by atomic mass is 10.1. The third kappa shape index (κ3) is 4.23. The van der Waals surface area contributed by atoms with E-state index in [9.17, 15) is 9.18 Å². The van der Waals surface area contributed by atoms with E-state index in [2.05, 4.69) is 0 Å². The Hall–Kier alpha value is -2.13. The fourth-order valence-electron chi connectivity index (χ4n) is 1.59. The summed E-state index contributed by atoms with van der Waals surface area (Å²) in [7, 11) is 1.52. The lowest BCUT2D eigenvalue weighted by Crippen LogP contribution is -2.35. The van der Waals surface area contributed by atoms with Gasteiger partial charge in [-0.2, -0.15) is 5.26 Å². The van der Waals surface area contributed by atoms with Crippen LogP contribution in [-0.2, 0) is 4.74 Å². The highest BCUT2D eigenvalue weighted by Gasteiger charge is 2.18. The molecule has 0 radical (unpaired) electrons. The molecule has 1 aromatic carbocycles. The van der Waals surface area contributed by atoms with Crippen molar-refractivity contribution in [3.8, 4) is 6.07 Å². The second-order valence-electron chi connectivity index (χ2n) is 3.92. The van der Waals surface area contributed by atoms with Crippen LogP contribution in [0.15, 0.2) is 18.2 Å². The number of nitrogens with zero attached hydrogens (tertiary/aromatic N) is 2. The summed E-state index contributed by atoms with van der Waals surface area (Å²) in [6.45, 7) is 0.925. The predicted octanol–water partition coefficient (Wildman–Crippen LogP) is 1.41. The number of ether oxygens (including phenoxy) is 1. The van der Waals surface area contributed by atoms with Crippen molar-refractivity contribution in [3.63, 3.8) is 0 Å². The van der Waals surface area contributed by atoms with Gasteiger partial charge in [0, 0.05) is 25.9 Å². The second-order valence-corrected chi connectivity index (χ2v) is 3.92. The largest absolute Gasteiger partial charge is 0.398 e. The highest BCUT2D eigenvalue weighted by atomic mass is 19.1. The predicted molar refractivity (Wildman–Crippen MR) is 68.8 cm³/mol. The molecule has 2 N–H and O–H groups in total. The molecular weight excluding hydrogens is 249 g/mol. The maximum atomic E-state index is 13.2. The first-order valence-corrected chi connectivity index (χ1v) is 5.80. The molecule has 1 rings (SSSR count). The van der Waals surface area contributed by atoms with Gasteiger partial charge >= 0.3 is 0 Å². The summed E-state index contributed by atoms with van der Waals surface area (Å²) in [4.78, 5) is 13.7. The Bertz CT molecular complexity index is 485. The number of halogens is 1. The van der Waals surface area contributed by atoms with Crippen molar-refractivity contribution in [2.75, 3.05) is 32.5 Å². The Balaban J connectivity index is 2.91. The van der Waals surface area contributed by atoms with E-state index in [4.69, 9.17) is 15.7 Å². The molecule has 0 aliphatic rings. The van der Waals surface area contributed by atoms with Gasteiger partial charge in [-0.15, -0.1) is 0 Å². The van der Waals surface area contributed by atoms with Crippen LogP contribution in [0.1, 0.15) is 16.8 Å². The standard InChI is InChI=1S/C13H16FN3O2/c1-19-8-7-17(6-2-5-15)13(18)11-9-10(14)3-4-12(11)16/h3-4,9H,2,6-8,16H2,1H3. The fourth-order valence-corrected chi connectivity index (χ4v) is 1.59. The molecule has 102 valence electrons. The van der Waals surface area contributed by atoms with Crippen molar-refractivity contribution in [1.29, 1.82) is 5.26 Å². The molecule has 19 heavy (non-hydrogen) atoms. The number of hydrogen-bond acceptors (Lipinski definition) is 4. The normalized spacial score (nSPS) is 9.95. The SMILES string of the molecule is COCCN(CCC#N)C(=O)c1cc(F)ccc1N. The highest BCUT2D eigenvalue weighted by molar-refractivity contribution is 5.99. The quantitative estimate of drug-likeness (QED) is 0.789. The number of anilines is 1. The minimum Gasteiger partial charge on any atom is -0.398 e. The Kier molecular flexibility index (Phi) is 5.76. The van der Waals surface area contributed by atoms with Crippen molar-refractivity contribution < 1.29 is 13.9 Å². The number of nitriles is 1. The third-order valence-corrected chi connectivity index (χ3v) is 2.59. The van der Waals surface area contributed by atoms with E-state index in [-0.39, 0.29) is 24.2 Å². The molecule has 0 aromatic heterocycles. The molecule has 0 aliphatic heterocycles. The summed E-state index contributed by atoms with van der Waals surface area (Å²) in [5.74, 6) is -0.922. The Morgan fingerprint density at radius 3 is 2.89 bits per heavy atom. The zero-order chi connectivity index (χ0) is 14.3. The van der Waals surface area contributed by atoms with E-state index in [1.807, 2.05) is 6.07 Å². The molecule has 0 saturated heterocycles. The smallest absolute Gasteiger partial charge is 0.256 e. The molecule has 0 fully saturated rings. The molecule has 0 aliphatic carbocycles. The molecule has 0 unspecified atom stereocenters. The van der Waals surface area contributed by atoms with Crippen LogP contribution in [0, 0.1) is 17.1 Å². The number of carbonyl (C=O) groups is 1. The Labute approximate surface area is 111 Å². The van der Waals surface area contributed by atoms with Gasteiger partial charge in [0.15, 0.2) is 0 Å². The molecule has 0 atom stereocenters. The van der Waals surface area contributed by atoms with Gasteiger partial charge in [0.05, 0.1) is 24.7 Å². The molecule has 5 nitrogen and oxygen atoms in total. The van der Waals surface area contributed by atoms with Gasteiger partial charge < -0.3 is 15.4 Å². The summed E-state index contributed by atoms with van der Waals surface area (Å²) in [6.07, 6.45) is 0.199. The Morgan fingerprint density at radius 1 is 1.53 bits per heavy atom. The lowest BCUT2D eigenvalue weighted by molar-refractivity contribution is 0.0700. The van der Waals surface area contributed by atoms with Gasteiger partial charge in [-0.3, -0.25) is 4.79 Å². The maximum absolute atomic E-state index is 13.2. The summed E-state index contributed by atoms with van der Waals surface area (Å²) < 4.78 is 18.1. The van der Waals surface area contributed by atoms with E-state index in [1.54, 1.807) is 0 Å². The van der Waals surface area contributed by atoms with Crippen molar-refractivity contribution >= 4 is 11.6 Å². The van der Waals surface area contributed by atoms with E-state index in [0.29, 0.717) is 13.2 Å². The molecule has 1 amide bonds. The van der Waals surface area contributed by atoms with Crippen LogP contribution >= 0.6 is 0 Å². The number of methoxy groups -OCH3 is 1. The molecule has 6 heteroatoms. The number of rotatable bonds is 6. The van der Waals surface area contributed by atoms with Crippen LogP contribution in [0.3, 0.4) is 0 Å². The molecule has 0 saturated carbocycles. The van der Waals surface area contributed by atoms with Crippen LogP contribution in [0.2, 0.25) is 0 Å². The first kappa shape index (κ1) is 14.9. The molecule has 0 spiro atoms. The first-order chi connectivity index (χ1) is 9.10. The van der Waals surface area contributed by atoms with Crippen molar-refractivity contribution in [1.82, 2.24) is 4.90 Å². The Morgan fingerprint density at radius 2 is 2.26 bits per heavy atom. The van der Waals surface area contributed by atoms with E-state index in [0.717, 1.165) is 6.07 Å². The third-order valence-electron chi connectivity index (χ3n) is 2.59.